The smallest absolute Gasteiger partial charge is 0.243 e. The fourth-order valence-electron chi connectivity index (χ4n) is 3.39. The van der Waals surface area contributed by atoms with E-state index in [-0.39, 0.29) is 30.8 Å². The highest BCUT2D eigenvalue weighted by Gasteiger charge is 2.29. The molecule has 0 heterocycles. The Balaban J connectivity index is 2.10. The number of nitrogens with one attached hydrogen (secondary N) is 1. The van der Waals surface area contributed by atoms with E-state index in [9.17, 15) is 9.59 Å². The Bertz CT molecular complexity index is 918. The molecule has 180 valence electrons. The van der Waals surface area contributed by atoms with Gasteiger partial charge < -0.3 is 15.0 Å². The Labute approximate surface area is 207 Å². The summed E-state index contributed by atoms with van der Waals surface area (Å²) in [6.45, 7) is 8.54. The van der Waals surface area contributed by atoms with Gasteiger partial charge in [-0.25, -0.2) is 0 Å². The van der Waals surface area contributed by atoms with Crippen LogP contribution < -0.4 is 10.1 Å². The molecular weight excluding hydrogens is 459 g/mol. The molecule has 0 fully saturated rings. The normalized spacial score (nSPS) is 12.7. The van der Waals surface area contributed by atoms with Crippen LogP contribution in [0.5, 0.6) is 5.75 Å². The average molecular weight is 493 g/mol. The molecule has 0 aliphatic rings. The van der Waals surface area contributed by atoms with Gasteiger partial charge in [-0.05, 0) is 62.9 Å². The van der Waals surface area contributed by atoms with Crippen LogP contribution in [0, 0.1) is 6.92 Å². The maximum absolute atomic E-state index is 13.3. The van der Waals surface area contributed by atoms with Crippen LogP contribution in [-0.2, 0) is 16.1 Å². The van der Waals surface area contributed by atoms with E-state index >= 15 is 0 Å². The van der Waals surface area contributed by atoms with Crippen LogP contribution in [0.25, 0.3) is 0 Å². The van der Waals surface area contributed by atoms with Crippen molar-refractivity contribution in [3.63, 3.8) is 0 Å². The monoisotopic (exact) mass is 492 g/mol. The topological polar surface area (TPSA) is 58.6 Å². The quantitative estimate of drug-likeness (QED) is 0.359. The Morgan fingerprint density at radius 2 is 1.76 bits per heavy atom. The SMILES string of the molecule is CCC(C)NC(=O)C(CC)N(Cc1ccc(Cl)cc1Cl)C(=O)CCCOc1ccc(C)cc1. The largest absolute Gasteiger partial charge is 0.494 e. The average Bonchev–Trinajstić information content (AvgIpc) is 2.78. The third kappa shape index (κ3) is 8.56. The first-order chi connectivity index (χ1) is 15.7. The van der Waals surface area contributed by atoms with Crippen molar-refractivity contribution in [3.8, 4) is 5.75 Å². The maximum Gasteiger partial charge on any atom is 0.243 e. The van der Waals surface area contributed by atoms with Gasteiger partial charge in [0.05, 0.1) is 6.61 Å². The zero-order chi connectivity index (χ0) is 24.4. The summed E-state index contributed by atoms with van der Waals surface area (Å²) in [5.41, 5.74) is 1.91. The lowest BCUT2D eigenvalue weighted by atomic mass is 10.1. The van der Waals surface area contributed by atoms with Gasteiger partial charge in [0.15, 0.2) is 0 Å². The van der Waals surface area contributed by atoms with Crippen LogP contribution >= 0.6 is 23.2 Å². The summed E-state index contributed by atoms with van der Waals surface area (Å²) in [7, 11) is 0. The van der Waals surface area contributed by atoms with E-state index in [0.29, 0.717) is 29.5 Å². The fourth-order valence-corrected chi connectivity index (χ4v) is 3.85. The molecule has 5 nitrogen and oxygen atoms in total. The number of benzene rings is 2. The second-order valence-electron chi connectivity index (χ2n) is 8.26. The summed E-state index contributed by atoms with van der Waals surface area (Å²) in [6.07, 6.45) is 2.12. The van der Waals surface area contributed by atoms with Gasteiger partial charge in [-0.15, -0.1) is 0 Å². The first kappa shape index (κ1) is 27.0. The third-order valence-electron chi connectivity index (χ3n) is 5.57. The molecule has 7 heteroatoms. The summed E-state index contributed by atoms with van der Waals surface area (Å²) in [4.78, 5) is 27.9. The zero-order valence-electron chi connectivity index (χ0n) is 19.9. The highest BCUT2D eigenvalue weighted by molar-refractivity contribution is 6.35. The second-order valence-corrected chi connectivity index (χ2v) is 9.11. The lowest BCUT2D eigenvalue weighted by Gasteiger charge is -2.32. The van der Waals surface area contributed by atoms with Crippen molar-refractivity contribution >= 4 is 35.0 Å². The summed E-state index contributed by atoms with van der Waals surface area (Å²) in [5.74, 6) is 0.512. The van der Waals surface area contributed by atoms with Crippen LogP contribution in [0.2, 0.25) is 10.0 Å². The zero-order valence-corrected chi connectivity index (χ0v) is 21.4. The summed E-state index contributed by atoms with van der Waals surface area (Å²) < 4.78 is 5.76. The molecule has 0 bridgehead atoms. The van der Waals surface area contributed by atoms with Crippen LogP contribution in [0.3, 0.4) is 0 Å². The molecule has 2 aromatic carbocycles. The molecular formula is C26H34Cl2N2O3. The Kier molecular flexibility index (Phi) is 11.0. The van der Waals surface area contributed by atoms with Crippen LogP contribution in [0.1, 0.15) is 57.6 Å². The van der Waals surface area contributed by atoms with Gasteiger partial charge in [0.1, 0.15) is 11.8 Å². The molecule has 33 heavy (non-hydrogen) atoms. The molecule has 2 unspecified atom stereocenters. The maximum atomic E-state index is 13.3. The third-order valence-corrected chi connectivity index (χ3v) is 6.15. The van der Waals surface area contributed by atoms with Crippen molar-refractivity contribution in [2.24, 2.45) is 0 Å². The highest BCUT2D eigenvalue weighted by atomic mass is 35.5. The molecule has 0 radical (unpaired) electrons. The van der Waals surface area contributed by atoms with Crippen molar-refractivity contribution in [1.29, 1.82) is 0 Å². The van der Waals surface area contributed by atoms with Gasteiger partial charge in [0.25, 0.3) is 0 Å². The number of amides is 2. The number of hydrogen-bond acceptors (Lipinski definition) is 3. The number of carbonyl (C=O) groups excluding carboxylic acids is 2. The summed E-state index contributed by atoms with van der Waals surface area (Å²) in [6, 6.07) is 12.4. The van der Waals surface area contributed by atoms with Crippen molar-refractivity contribution in [1.82, 2.24) is 10.2 Å². The van der Waals surface area contributed by atoms with Crippen molar-refractivity contribution in [3.05, 3.63) is 63.6 Å². The number of nitrogens with zero attached hydrogens (tertiary/aromatic N) is 1. The minimum absolute atomic E-state index is 0.0329. The second kappa shape index (κ2) is 13.5. The fraction of sp³-hybridized carbons (Fsp3) is 0.462. The van der Waals surface area contributed by atoms with Crippen molar-refractivity contribution in [2.75, 3.05) is 6.61 Å². The number of carbonyl (C=O) groups is 2. The first-order valence-electron chi connectivity index (χ1n) is 11.5. The lowest BCUT2D eigenvalue weighted by Crippen LogP contribution is -2.50. The van der Waals surface area contributed by atoms with Crippen LogP contribution in [-0.4, -0.2) is 35.4 Å². The summed E-state index contributed by atoms with van der Waals surface area (Å²) >= 11 is 12.4. The lowest BCUT2D eigenvalue weighted by molar-refractivity contribution is -0.141. The molecule has 0 spiro atoms. The predicted octanol–water partition coefficient (Wildman–Crippen LogP) is 6.18. The molecule has 0 aromatic heterocycles. The first-order valence-corrected chi connectivity index (χ1v) is 12.2. The number of hydrogen-bond donors (Lipinski definition) is 1. The Morgan fingerprint density at radius 1 is 1.06 bits per heavy atom. The minimum Gasteiger partial charge on any atom is -0.494 e. The molecule has 2 aromatic rings. The Hall–Kier alpha value is -2.24. The van der Waals surface area contributed by atoms with Gasteiger partial charge in [-0.2, -0.15) is 0 Å². The molecule has 1 N–H and O–H groups in total. The molecule has 0 saturated heterocycles. The van der Waals surface area contributed by atoms with E-state index in [1.807, 2.05) is 52.0 Å². The number of halogens is 2. The minimum atomic E-state index is -0.587. The van der Waals surface area contributed by atoms with Gasteiger partial charge in [-0.1, -0.05) is 60.8 Å². The van der Waals surface area contributed by atoms with Gasteiger partial charge in [0.2, 0.25) is 11.8 Å². The molecule has 0 aliphatic heterocycles. The number of ether oxygens (including phenoxy) is 1. The van der Waals surface area contributed by atoms with E-state index in [4.69, 9.17) is 27.9 Å². The molecule has 0 aliphatic carbocycles. The predicted molar refractivity (Wildman–Crippen MR) is 135 cm³/mol. The van der Waals surface area contributed by atoms with E-state index < -0.39 is 6.04 Å². The van der Waals surface area contributed by atoms with E-state index in [1.165, 1.54) is 0 Å². The van der Waals surface area contributed by atoms with Crippen LogP contribution in [0.15, 0.2) is 42.5 Å². The molecule has 2 rings (SSSR count). The van der Waals surface area contributed by atoms with E-state index in [0.717, 1.165) is 23.3 Å². The van der Waals surface area contributed by atoms with E-state index in [2.05, 4.69) is 5.32 Å². The van der Waals surface area contributed by atoms with Crippen molar-refractivity contribution in [2.45, 2.75) is 72.0 Å². The summed E-state index contributed by atoms with van der Waals surface area (Å²) in [5, 5.41) is 4.00. The Morgan fingerprint density at radius 3 is 2.36 bits per heavy atom. The van der Waals surface area contributed by atoms with Gasteiger partial charge >= 0.3 is 0 Å². The van der Waals surface area contributed by atoms with Gasteiger partial charge in [-0.3, -0.25) is 9.59 Å². The van der Waals surface area contributed by atoms with Crippen molar-refractivity contribution < 1.29 is 14.3 Å². The standard InChI is InChI=1S/C26H34Cl2N2O3/c1-5-19(4)29-26(32)24(6-2)30(17-20-11-12-21(27)16-23(20)28)25(31)8-7-15-33-22-13-9-18(3)10-14-22/h9-14,16,19,24H,5-8,15,17H2,1-4H3,(H,29,32). The van der Waals surface area contributed by atoms with Crippen LogP contribution in [0.4, 0.5) is 0 Å². The number of aryl methyl sites for hydroxylation is 1. The molecule has 2 atom stereocenters. The number of rotatable bonds is 12. The highest BCUT2D eigenvalue weighted by Crippen LogP contribution is 2.24. The van der Waals surface area contributed by atoms with E-state index in [1.54, 1.807) is 23.1 Å². The molecule has 2 amide bonds. The molecule has 0 saturated carbocycles. The van der Waals surface area contributed by atoms with Gasteiger partial charge in [0, 0.05) is 29.1 Å².